The highest BCUT2D eigenvalue weighted by atomic mass is 16.6. The predicted octanol–water partition coefficient (Wildman–Crippen LogP) is 3.70. The Hall–Kier alpha value is -4.53. The van der Waals surface area contributed by atoms with Gasteiger partial charge in [-0.3, -0.25) is 4.79 Å². The number of benzene rings is 2. The molecule has 9 nitrogen and oxygen atoms in total. The van der Waals surface area contributed by atoms with Crippen LogP contribution in [0.25, 0.3) is 11.0 Å². The molecule has 9 heteroatoms. The second kappa shape index (κ2) is 10.4. The third kappa shape index (κ3) is 5.63. The van der Waals surface area contributed by atoms with Crippen molar-refractivity contribution in [1.82, 2.24) is 5.32 Å². The van der Waals surface area contributed by atoms with Crippen LogP contribution in [0.1, 0.15) is 23.0 Å². The summed E-state index contributed by atoms with van der Waals surface area (Å²) in [4.78, 5) is 36.8. The summed E-state index contributed by atoms with van der Waals surface area (Å²) in [6.07, 6.45) is 1.49. The van der Waals surface area contributed by atoms with E-state index in [0.29, 0.717) is 29.3 Å². The molecule has 0 unspecified atom stereocenters. The zero-order valence-corrected chi connectivity index (χ0v) is 18.2. The topological polar surface area (TPSA) is 117 Å². The molecule has 0 radical (unpaired) electrons. The Morgan fingerprint density at radius 2 is 1.68 bits per heavy atom. The van der Waals surface area contributed by atoms with Gasteiger partial charge in [0.1, 0.15) is 34.2 Å². The number of hydrogen-bond acceptors (Lipinski definition) is 8. The Kier molecular flexibility index (Phi) is 6.92. The largest absolute Gasteiger partial charge is 0.494 e. The Labute approximate surface area is 193 Å². The molecular formula is C25H21NO8. The highest BCUT2D eigenvalue weighted by Gasteiger charge is 2.15. The van der Waals surface area contributed by atoms with Crippen LogP contribution in [-0.4, -0.2) is 25.1 Å². The average molecular weight is 463 g/mol. The smallest absolute Gasteiger partial charge is 0.349 e. The highest BCUT2D eigenvalue weighted by Crippen LogP contribution is 2.21. The number of hydrogen-bond donors (Lipinski definition) is 1. The molecule has 0 aliphatic rings. The molecule has 0 atom stereocenters. The van der Waals surface area contributed by atoms with E-state index in [1.165, 1.54) is 24.5 Å². The summed E-state index contributed by atoms with van der Waals surface area (Å²) in [5.74, 6) is 0.692. The molecule has 4 rings (SSSR count). The molecule has 0 bridgehead atoms. The number of furan rings is 1. The Morgan fingerprint density at radius 3 is 2.38 bits per heavy atom. The van der Waals surface area contributed by atoms with Crippen LogP contribution < -0.4 is 25.2 Å². The lowest BCUT2D eigenvalue weighted by Crippen LogP contribution is -2.27. The van der Waals surface area contributed by atoms with Crippen molar-refractivity contribution in [2.24, 2.45) is 0 Å². The standard InChI is InChI=1S/C25H21NO8/c1-2-30-17-7-9-18(10-8-17)32-15-23(27)33-19-6-5-16-12-21(25(29)34-22(16)13-19)24(28)26-14-20-4-3-11-31-20/h3-13H,2,14-15H2,1H3,(H,26,28). The van der Waals surface area contributed by atoms with E-state index in [0.717, 1.165) is 0 Å². The van der Waals surface area contributed by atoms with Gasteiger partial charge in [0.25, 0.3) is 5.91 Å². The lowest BCUT2D eigenvalue weighted by Gasteiger charge is -2.08. The molecule has 4 aromatic rings. The van der Waals surface area contributed by atoms with Gasteiger partial charge in [0.05, 0.1) is 19.4 Å². The van der Waals surface area contributed by atoms with Gasteiger partial charge < -0.3 is 28.4 Å². The molecule has 174 valence electrons. The van der Waals surface area contributed by atoms with Crippen molar-refractivity contribution >= 4 is 22.8 Å². The van der Waals surface area contributed by atoms with Gasteiger partial charge in [-0.25, -0.2) is 9.59 Å². The van der Waals surface area contributed by atoms with Crippen molar-refractivity contribution in [3.63, 3.8) is 0 Å². The molecule has 0 spiro atoms. The van der Waals surface area contributed by atoms with Crippen LogP contribution in [0.4, 0.5) is 0 Å². The molecule has 0 aliphatic carbocycles. The van der Waals surface area contributed by atoms with Gasteiger partial charge in [0.15, 0.2) is 6.61 Å². The van der Waals surface area contributed by atoms with Crippen molar-refractivity contribution < 1.29 is 32.6 Å². The van der Waals surface area contributed by atoms with Crippen molar-refractivity contribution in [2.75, 3.05) is 13.2 Å². The summed E-state index contributed by atoms with van der Waals surface area (Å²) in [6.45, 7) is 2.26. The third-order valence-corrected chi connectivity index (χ3v) is 4.68. The molecule has 0 aliphatic heterocycles. The summed E-state index contributed by atoms with van der Waals surface area (Å²) < 4.78 is 26.4. The van der Waals surface area contributed by atoms with Crippen LogP contribution in [0.5, 0.6) is 17.2 Å². The molecule has 1 amide bonds. The monoisotopic (exact) mass is 463 g/mol. The first kappa shape index (κ1) is 22.7. The zero-order valence-electron chi connectivity index (χ0n) is 18.2. The van der Waals surface area contributed by atoms with Crippen LogP contribution >= 0.6 is 0 Å². The number of esters is 1. The van der Waals surface area contributed by atoms with Crippen LogP contribution in [0.3, 0.4) is 0 Å². The molecule has 0 fully saturated rings. The van der Waals surface area contributed by atoms with Gasteiger partial charge in [0.2, 0.25) is 0 Å². The minimum Gasteiger partial charge on any atom is -0.494 e. The molecule has 0 saturated heterocycles. The number of ether oxygens (including phenoxy) is 3. The number of nitrogens with one attached hydrogen (secondary N) is 1. The van der Waals surface area contributed by atoms with Gasteiger partial charge in [-0.1, -0.05) is 0 Å². The van der Waals surface area contributed by atoms with Gasteiger partial charge in [0, 0.05) is 11.5 Å². The molecular weight excluding hydrogens is 442 g/mol. The van der Waals surface area contributed by atoms with E-state index in [-0.39, 0.29) is 30.0 Å². The number of amides is 1. The molecule has 1 N–H and O–H groups in total. The highest BCUT2D eigenvalue weighted by molar-refractivity contribution is 5.96. The van der Waals surface area contributed by atoms with Crippen molar-refractivity contribution in [3.8, 4) is 17.2 Å². The summed E-state index contributed by atoms with van der Waals surface area (Å²) in [5, 5.41) is 3.09. The fraction of sp³-hybridized carbons (Fsp3) is 0.160. The van der Waals surface area contributed by atoms with E-state index < -0.39 is 17.5 Å². The predicted molar refractivity (Wildman–Crippen MR) is 121 cm³/mol. The maximum Gasteiger partial charge on any atom is 0.349 e. The van der Waals surface area contributed by atoms with Crippen molar-refractivity contribution in [1.29, 1.82) is 0 Å². The maximum absolute atomic E-state index is 12.4. The molecule has 0 saturated carbocycles. The van der Waals surface area contributed by atoms with Gasteiger partial charge in [-0.05, 0) is 61.5 Å². The molecule has 2 heterocycles. The number of carbonyl (C=O) groups excluding carboxylic acids is 2. The summed E-state index contributed by atoms with van der Waals surface area (Å²) in [5.41, 5.74) is -0.787. The van der Waals surface area contributed by atoms with Crippen LogP contribution in [0.15, 0.2) is 80.6 Å². The minimum atomic E-state index is -0.813. The summed E-state index contributed by atoms with van der Waals surface area (Å²) in [6, 6.07) is 16.2. The lowest BCUT2D eigenvalue weighted by atomic mass is 10.1. The van der Waals surface area contributed by atoms with E-state index in [1.54, 1.807) is 42.5 Å². The Bertz CT molecular complexity index is 1340. The minimum absolute atomic E-state index is 0.136. The van der Waals surface area contributed by atoms with Crippen molar-refractivity contribution in [2.45, 2.75) is 13.5 Å². The first-order chi connectivity index (χ1) is 16.5. The first-order valence-electron chi connectivity index (χ1n) is 10.5. The first-order valence-corrected chi connectivity index (χ1v) is 10.5. The van der Waals surface area contributed by atoms with Gasteiger partial charge in [-0.15, -0.1) is 0 Å². The van der Waals surface area contributed by atoms with Crippen LogP contribution in [0.2, 0.25) is 0 Å². The van der Waals surface area contributed by atoms with Gasteiger partial charge >= 0.3 is 11.6 Å². The summed E-state index contributed by atoms with van der Waals surface area (Å²) in [7, 11) is 0. The van der Waals surface area contributed by atoms with Crippen molar-refractivity contribution in [3.05, 3.63) is 88.7 Å². The average Bonchev–Trinajstić information content (AvgIpc) is 3.35. The maximum atomic E-state index is 12.4. The van der Waals surface area contributed by atoms with E-state index >= 15 is 0 Å². The second-order valence-corrected chi connectivity index (χ2v) is 7.08. The fourth-order valence-electron chi connectivity index (χ4n) is 3.09. The number of carbonyl (C=O) groups is 2. The van der Waals surface area contributed by atoms with Crippen LogP contribution in [0, 0.1) is 0 Å². The normalized spacial score (nSPS) is 10.6. The fourth-order valence-corrected chi connectivity index (χ4v) is 3.09. The zero-order chi connectivity index (χ0) is 23.9. The Balaban J connectivity index is 1.37. The van der Waals surface area contributed by atoms with Gasteiger partial charge in [-0.2, -0.15) is 0 Å². The summed E-state index contributed by atoms with van der Waals surface area (Å²) >= 11 is 0. The molecule has 34 heavy (non-hydrogen) atoms. The number of fused-ring (bicyclic) bond motifs is 1. The quantitative estimate of drug-likeness (QED) is 0.227. The van der Waals surface area contributed by atoms with E-state index in [1.807, 2.05) is 6.92 Å². The molecule has 2 aromatic carbocycles. The molecule has 2 aromatic heterocycles. The van der Waals surface area contributed by atoms with E-state index in [2.05, 4.69) is 5.32 Å². The lowest BCUT2D eigenvalue weighted by molar-refractivity contribution is -0.136. The van der Waals surface area contributed by atoms with Crippen LogP contribution in [-0.2, 0) is 11.3 Å². The number of rotatable bonds is 9. The Morgan fingerprint density at radius 1 is 0.941 bits per heavy atom. The van der Waals surface area contributed by atoms with E-state index in [9.17, 15) is 14.4 Å². The van der Waals surface area contributed by atoms with E-state index in [4.69, 9.17) is 23.0 Å². The SMILES string of the molecule is CCOc1ccc(OCC(=O)Oc2ccc3cc(C(=O)NCc4ccco4)c(=O)oc3c2)cc1. The third-order valence-electron chi connectivity index (χ3n) is 4.68. The second-order valence-electron chi connectivity index (χ2n) is 7.08.